The number of carbonyl (C=O) groups excluding carboxylic acids is 2. The normalized spacial score (nSPS) is 10.4. The van der Waals surface area contributed by atoms with Crippen molar-refractivity contribution >= 4 is 38.5 Å². The first-order chi connectivity index (χ1) is 9.65. The number of benzene rings is 2. The molecule has 2 aromatic rings. The lowest BCUT2D eigenvalue weighted by molar-refractivity contribution is 0.0955. The van der Waals surface area contributed by atoms with Gasteiger partial charge in [0.2, 0.25) is 5.91 Å². The van der Waals surface area contributed by atoms with E-state index in [1.807, 2.05) is 12.1 Å². The summed E-state index contributed by atoms with van der Waals surface area (Å²) in [5, 5.41) is 5.10. The molecule has 0 saturated heterocycles. The lowest BCUT2D eigenvalue weighted by atomic mass is 9.98. The molecule has 3 N–H and O–H groups in total. The van der Waals surface area contributed by atoms with Crippen LogP contribution in [0.25, 0.3) is 10.8 Å². The number of carbonyl (C=O) groups is 2. The summed E-state index contributed by atoms with van der Waals surface area (Å²) >= 11 is 3.31. The Hall–Kier alpha value is -1.88. The average molecular weight is 335 g/mol. The number of alkyl halides is 1. The van der Waals surface area contributed by atoms with E-state index < -0.39 is 5.91 Å². The first-order valence-corrected chi connectivity index (χ1v) is 7.43. The van der Waals surface area contributed by atoms with Crippen LogP contribution in [-0.2, 0) is 0 Å². The molecule has 0 fully saturated rings. The van der Waals surface area contributed by atoms with Gasteiger partial charge in [-0.3, -0.25) is 9.59 Å². The molecule has 2 aromatic carbocycles. The van der Waals surface area contributed by atoms with E-state index in [0.717, 1.165) is 17.1 Å². The minimum atomic E-state index is -0.531. The number of nitrogens with one attached hydrogen (secondary N) is 1. The minimum absolute atomic E-state index is 0.190. The smallest absolute Gasteiger partial charge is 0.251 e. The highest BCUT2D eigenvalue weighted by molar-refractivity contribution is 9.09. The van der Waals surface area contributed by atoms with Crippen molar-refractivity contribution in [1.82, 2.24) is 5.32 Å². The largest absolute Gasteiger partial charge is 0.366 e. The number of nitrogens with two attached hydrogens (primary N) is 1. The summed E-state index contributed by atoms with van der Waals surface area (Å²) in [6.45, 7) is 0.583. The Balaban J connectivity index is 2.47. The Labute approximate surface area is 125 Å². The third kappa shape index (κ3) is 2.99. The second kappa shape index (κ2) is 6.52. The minimum Gasteiger partial charge on any atom is -0.366 e. The maximum absolute atomic E-state index is 12.2. The van der Waals surface area contributed by atoms with Crippen molar-refractivity contribution in [2.45, 2.75) is 6.42 Å². The zero-order valence-corrected chi connectivity index (χ0v) is 12.4. The maximum atomic E-state index is 12.2. The van der Waals surface area contributed by atoms with Gasteiger partial charge in [0, 0.05) is 28.4 Å². The van der Waals surface area contributed by atoms with Gasteiger partial charge in [-0.25, -0.2) is 0 Å². The van der Waals surface area contributed by atoms with Crippen LogP contribution in [0.5, 0.6) is 0 Å². The van der Waals surface area contributed by atoms with Crippen molar-refractivity contribution in [2.75, 3.05) is 11.9 Å². The van der Waals surface area contributed by atoms with E-state index in [1.54, 1.807) is 24.3 Å². The van der Waals surface area contributed by atoms with Gasteiger partial charge in [0.1, 0.15) is 0 Å². The summed E-state index contributed by atoms with van der Waals surface area (Å²) in [6.07, 6.45) is 0.846. The van der Waals surface area contributed by atoms with E-state index in [0.29, 0.717) is 23.1 Å². The van der Waals surface area contributed by atoms with E-state index in [2.05, 4.69) is 21.2 Å². The highest BCUT2D eigenvalue weighted by Gasteiger charge is 2.14. The predicted molar refractivity (Wildman–Crippen MR) is 83.2 cm³/mol. The molecule has 0 heterocycles. The van der Waals surface area contributed by atoms with Gasteiger partial charge in [-0.15, -0.1) is 0 Å². The SMILES string of the molecule is NC(=O)c1cccc2cccc(C(=O)NCCCBr)c12. The van der Waals surface area contributed by atoms with Crippen LogP contribution in [0, 0.1) is 0 Å². The molecule has 0 aliphatic rings. The second-order valence-electron chi connectivity index (χ2n) is 4.37. The molecule has 0 radical (unpaired) electrons. The van der Waals surface area contributed by atoms with Crippen molar-refractivity contribution in [3.63, 3.8) is 0 Å². The summed E-state index contributed by atoms with van der Waals surface area (Å²) in [5.74, 6) is -0.721. The van der Waals surface area contributed by atoms with Crippen LogP contribution >= 0.6 is 15.9 Å². The van der Waals surface area contributed by atoms with Crippen molar-refractivity contribution < 1.29 is 9.59 Å². The Morgan fingerprint density at radius 1 is 1.10 bits per heavy atom. The standard InChI is InChI=1S/C15H15BrN2O2/c16-8-3-9-18-15(20)12-7-2-5-10-4-1-6-11(13(10)12)14(17)19/h1-2,4-7H,3,8-9H2,(H2,17,19)(H,18,20). The number of halogens is 1. The van der Waals surface area contributed by atoms with E-state index >= 15 is 0 Å². The summed E-state index contributed by atoms with van der Waals surface area (Å²) in [7, 11) is 0. The molecule has 0 saturated carbocycles. The van der Waals surface area contributed by atoms with Crippen LogP contribution < -0.4 is 11.1 Å². The highest BCUT2D eigenvalue weighted by Crippen LogP contribution is 2.23. The molecule has 0 aliphatic heterocycles. The topological polar surface area (TPSA) is 72.2 Å². The molecular weight excluding hydrogens is 320 g/mol. The van der Waals surface area contributed by atoms with Gasteiger partial charge in [-0.05, 0) is 23.9 Å². The fourth-order valence-corrected chi connectivity index (χ4v) is 2.38. The first kappa shape index (κ1) is 14.5. The summed E-state index contributed by atoms with van der Waals surface area (Å²) in [5.41, 5.74) is 6.24. The third-order valence-corrected chi connectivity index (χ3v) is 3.57. The quantitative estimate of drug-likeness (QED) is 0.651. The summed E-state index contributed by atoms with van der Waals surface area (Å²) in [6, 6.07) is 10.6. The van der Waals surface area contributed by atoms with Crippen LogP contribution in [0.15, 0.2) is 36.4 Å². The zero-order chi connectivity index (χ0) is 14.5. The van der Waals surface area contributed by atoms with Crippen LogP contribution in [-0.4, -0.2) is 23.7 Å². The van der Waals surface area contributed by atoms with Gasteiger partial charge in [-0.1, -0.05) is 40.2 Å². The number of amides is 2. The van der Waals surface area contributed by atoms with Crippen molar-refractivity contribution in [1.29, 1.82) is 0 Å². The van der Waals surface area contributed by atoms with E-state index in [-0.39, 0.29) is 5.91 Å². The Kier molecular flexibility index (Phi) is 4.74. The van der Waals surface area contributed by atoms with E-state index in [9.17, 15) is 9.59 Å². The molecule has 0 atom stereocenters. The lowest BCUT2D eigenvalue weighted by Crippen LogP contribution is -2.25. The van der Waals surface area contributed by atoms with Gasteiger partial charge >= 0.3 is 0 Å². The van der Waals surface area contributed by atoms with Gasteiger partial charge in [-0.2, -0.15) is 0 Å². The van der Waals surface area contributed by atoms with Gasteiger partial charge in [0.05, 0.1) is 0 Å². The Bertz CT molecular complexity index is 650. The van der Waals surface area contributed by atoms with Gasteiger partial charge in [0.25, 0.3) is 5.91 Å². The van der Waals surface area contributed by atoms with Crippen LogP contribution in [0.2, 0.25) is 0 Å². The molecule has 20 heavy (non-hydrogen) atoms. The molecule has 5 heteroatoms. The van der Waals surface area contributed by atoms with E-state index in [1.165, 1.54) is 0 Å². The molecule has 2 rings (SSSR count). The maximum Gasteiger partial charge on any atom is 0.251 e. The average Bonchev–Trinajstić information content (AvgIpc) is 2.46. The molecule has 4 nitrogen and oxygen atoms in total. The van der Waals surface area contributed by atoms with Crippen molar-refractivity contribution in [3.05, 3.63) is 47.5 Å². The molecule has 2 amide bonds. The third-order valence-electron chi connectivity index (χ3n) is 3.01. The van der Waals surface area contributed by atoms with Crippen molar-refractivity contribution in [2.24, 2.45) is 5.73 Å². The summed E-state index contributed by atoms with van der Waals surface area (Å²) in [4.78, 5) is 23.8. The van der Waals surface area contributed by atoms with Crippen LogP contribution in [0.3, 0.4) is 0 Å². The highest BCUT2D eigenvalue weighted by atomic mass is 79.9. The van der Waals surface area contributed by atoms with Gasteiger partial charge in [0.15, 0.2) is 0 Å². The fourth-order valence-electron chi connectivity index (χ4n) is 2.10. The van der Waals surface area contributed by atoms with Crippen LogP contribution in [0.1, 0.15) is 27.1 Å². The summed E-state index contributed by atoms with van der Waals surface area (Å²) < 4.78 is 0. The predicted octanol–water partition coefficient (Wildman–Crippen LogP) is 2.45. The zero-order valence-electron chi connectivity index (χ0n) is 10.9. The first-order valence-electron chi connectivity index (χ1n) is 6.31. The second-order valence-corrected chi connectivity index (χ2v) is 5.16. The molecule has 0 unspecified atom stereocenters. The monoisotopic (exact) mass is 334 g/mol. The molecule has 104 valence electrons. The van der Waals surface area contributed by atoms with Crippen molar-refractivity contribution in [3.8, 4) is 0 Å². The van der Waals surface area contributed by atoms with Crippen LogP contribution in [0.4, 0.5) is 0 Å². The number of fused-ring (bicyclic) bond motifs is 1. The number of primary amides is 1. The number of hydrogen-bond donors (Lipinski definition) is 2. The van der Waals surface area contributed by atoms with Gasteiger partial charge < -0.3 is 11.1 Å². The lowest BCUT2D eigenvalue weighted by Gasteiger charge is -2.10. The molecule has 0 aromatic heterocycles. The Morgan fingerprint density at radius 3 is 2.35 bits per heavy atom. The Morgan fingerprint density at radius 2 is 1.75 bits per heavy atom. The fraction of sp³-hybridized carbons (Fsp3) is 0.200. The number of hydrogen-bond acceptors (Lipinski definition) is 2. The number of rotatable bonds is 5. The van der Waals surface area contributed by atoms with E-state index in [4.69, 9.17) is 5.73 Å². The molecule has 0 spiro atoms. The molecule has 0 aliphatic carbocycles. The molecular formula is C15H15BrN2O2. The molecule has 0 bridgehead atoms.